The SMILES string of the molecule is CC(C)(C)OC(=O)C1(C(=O)CCCC(=O)O)C=CC(OCc2ccccc2)=N1. The van der Waals surface area contributed by atoms with E-state index < -0.39 is 28.9 Å². The van der Waals surface area contributed by atoms with Crippen molar-refractivity contribution in [2.75, 3.05) is 0 Å². The van der Waals surface area contributed by atoms with Crippen LogP contribution >= 0.6 is 0 Å². The number of hydrogen-bond acceptors (Lipinski definition) is 6. The molecule has 0 amide bonds. The van der Waals surface area contributed by atoms with Gasteiger partial charge >= 0.3 is 11.9 Å². The standard InChI is InChI=1S/C21H25NO6/c1-20(2,3)28-19(26)21(16(23)10-7-11-18(24)25)13-12-17(22-21)27-14-15-8-5-4-6-9-15/h4-6,8-9,12-13H,7,10-11,14H2,1-3H3,(H,24,25). The zero-order valence-corrected chi connectivity index (χ0v) is 16.3. The van der Waals surface area contributed by atoms with Crippen LogP contribution in [0.4, 0.5) is 0 Å². The monoisotopic (exact) mass is 387 g/mol. The lowest BCUT2D eigenvalue weighted by atomic mass is 9.91. The highest BCUT2D eigenvalue weighted by atomic mass is 16.6. The number of nitrogens with zero attached hydrogens (tertiary/aromatic N) is 1. The van der Waals surface area contributed by atoms with Gasteiger partial charge in [0.25, 0.3) is 0 Å². The number of carboxylic acids is 1. The van der Waals surface area contributed by atoms with Crippen LogP contribution in [0.5, 0.6) is 0 Å². The maximum atomic E-state index is 12.8. The average molecular weight is 387 g/mol. The summed E-state index contributed by atoms with van der Waals surface area (Å²) in [7, 11) is 0. The molecule has 1 heterocycles. The van der Waals surface area contributed by atoms with Crippen molar-refractivity contribution in [3.63, 3.8) is 0 Å². The van der Waals surface area contributed by atoms with Gasteiger partial charge in [-0.2, -0.15) is 0 Å². The lowest BCUT2D eigenvalue weighted by Crippen LogP contribution is -2.46. The second-order valence-corrected chi connectivity index (χ2v) is 7.50. The van der Waals surface area contributed by atoms with Gasteiger partial charge < -0.3 is 14.6 Å². The van der Waals surface area contributed by atoms with Crippen molar-refractivity contribution in [2.45, 2.75) is 57.8 Å². The van der Waals surface area contributed by atoms with Crippen LogP contribution in [-0.2, 0) is 30.5 Å². The third-order valence-electron chi connectivity index (χ3n) is 3.91. The van der Waals surface area contributed by atoms with E-state index >= 15 is 0 Å². The second kappa shape index (κ2) is 8.82. The maximum absolute atomic E-state index is 12.8. The molecule has 0 saturated heterocycles. The molecule has 0 saturated carbocycles. The van der Waals surface area contributed by atoms with Crippen LogP contribution < -0.4 is 0 Å². The first-order chi connectivity index (χ1) is 13.1. The largest absolute Gasteiger partial charge is 0.481 e. The van der Waals surface area contributed by atoms with Gasteiger partial charge in [0.2, 0.25) is 11.4 Å². The van der Waals surface area contributed by atoms with E-state index in [1.165, 1.54) is 12.2 Å². The highest BCUT2D eigenvalue weighted by Gasteiger charge is 2.48. The molecule has 2 rings (SSSR count). The molecule has 0 spiro atoms. The van der Waals surface area contributed by atoms with Gasteiger partial charge in [-0.3, -0.25) is 9.59 Å². The Kier molecular flexibility index (Phi) is 6.72. The van der Waals surface area contributed by atoms with Crippen molar-refractivity contribution in [1.82, 2.24) is 0 Å². The van der Waals surface area contributed by atoms with E-state index in [1.807, 2.05) is 30.3 Å². The lowest BCUT2D eigenvalue weighted by Gasteiger charge is -2.27. The molecule has 1 aromatic carbocycles. The Morgan fingerprint density at radius 1 is 1.11 bits per heavy atom. The molecule has 1 unspecified atom stereocenters. The van der Waals surface area contributed by atoms with Gasteiger partial charge in [-0.05, 0) is 44.9 Å². The van der Waals surface area contributed by atoms with Crippen LogP contribution in [0.25, 0.3) is 0 Å². The number of Topliss-reactive ketones (excluding diaryl/α,β-unsaturated/α-hetero) is 1. The van der Waals surface area contributed by atoms with Gasteiger partial charge in [0, 0.05) is 12.8 Å². The van der Waals surface area contributed by atoms with Crippen molar-refractivity contribution in [1.29, 1.82) is 0 Å². The fraction of sp³-hybridized carbons (Fsp3) is 0.429. The predicted molar refractivity (Wildman–Crippen MR) is 103 cm³/mol. The predicted octanol–water partition coefficient (Wildman–Crippen LogP) is 3.08. The highest BCUT2D eigenvalue weighted by Crippen LogP contribution is 2.28. The van der Waals surface area contributed by atoms with Gasteiger partial charge in [0.15, 0.2) is 5.78 Å². The molecular formula is C21H25NO6. The first kappa shape index (κ1) is 21.3. The van der Waals surface area contributed by atoms with Crippen LogP contribution in [0.2, 0.25) is 0 Å². The van der Waals surface area contributed by atoms with E-state index in [0.29, 0.717) is 0 Å². The van der Waals surface area contributed by atoms with Crippen molar-refractivity contribution in [2.24, 2.45) is 4.99 Å². The molecule has 0 aliphatic carbocycles. The summed E-state index contributed by atoms with van der Waals surface area (Å²) in [5.41, 5.74) is -1.72. The quantitative estimate of drug-likeness (QED) is 0.543. The Hall–Kier alpha value is -2.96. The van der Waals surface area contributed by atoms with Crippen LogP contribution in [-0.4, -0.2) is 39.9 Å². The second-order valence-electron chi connectivity index (χ2n) is 7.50. The molecule has 7 nitrogen and oxygen atoms in total. The first-order valence-corrected chi connectivity index (χ1v) is 9.07. The van der Waals surface area contributed by atoms with E-state index in [-0.39, 0.29) is 31.8 Å². The van der Waals surface area contributed by atoms with E-state index in [0.717, 1.165) is 5.56 Å². The number of benzene rings is 1. The van der Waals surface area contributed by atoms with E-state index in [4.69, 9.17) is 14.6 Å². The maximum Gasteiger partial charge on any atom is 0.346 e. The van der Waals surface area contributed by atoms with Crippen molar-refractivity contribution >= 4 is 23.6 Å². The van der Waals surface area contributed by atoms with E-state index in [2.05, 4.69) is 4.99 Å². The molecule has 0 radical (unpaired) electrons. The number of aliphatic imine (C=N–C) groups is 1. The molecule has 28 heavy (non-hydrogen) atoms. The number of esters is 1. The highest BCUT2D eigenvalue weighted by molar-refractivity contribution is 6.15. The van der Waals surface area contributed by atoms with Gasteiger partial charge in [-0.1, -0.05) is 30.3 Å². The molecule has 1 aromatic rings. The Labute approximate surface area is 164 Å². The summed E-state index contributed by atoms with van der Waals surface area (Å²) in [5, 5.41) is 8.77. The van der Waals surface area contributed by atoms with Crippen molar-refractivity contribution in [3.8, 4) is 0 Å². The number of ether oxygens (including phenoxy) is 2. The third kappa shape index (κ3) is 5.77. The number of ketones is 1. The summed E-state index contributed by atoms with van der Waals surface area (Å²) in [6, 6.07) is 9.42. The zero-order chi connectivity index (χ0) is 20.8. The Morgan fingerprint density at radius 3 is 2.39 bits per heavy atom. The van der Waals surface area contributed by atoms with E-state index in [9.17, 15) is 14.4 Å². The van der Waals surface area contributed by atoms with Gasteiger partial charge in [-0.15, -0.1) is 0 Å². The van der Waals surface area contributed by atoms with E-state index in [1.54, 1.807) is 20.8 Å². The molecule has 0 aromatic heterocycles. The number of carbonyl (C=O) groups excluding carboxylic acids is 2. The van der Waals surface area contributed by atoms with Crippen LogP contribution in [0.1, 0.15) is 45.6 Å². The number of aliphatic carboxylic acids is 1. The molecule has 7 heteroatoms. The third-order valence-corrected chi connectivity index (χ3v) is 3.91. The van der Waals surface area contributed by atoms with Crippen LogP contribution in [0.3, 0.4) is 0 Å². The number of carbonyl (C=O) groups is 3. The number of hydrogen-bond donors (Lipinski definition) is 1. The fourth-order valence-electron chi connectivity index (χ4n) is 2.58. The summed E-state index contributed by atoms with van der Waals surface area (Å²) >= 11 is 0. The van der Waals surface area contributed by atoms with Gasteiger partial charge in [0.05, 0.1) is 0 Å². The number of rotatable bonds is 8. The minimum atomic E-state index is -1.84. The fourth-order valence-corrected chi connectivity index (χ4v) is 2.58. The average Bonchev–Trinajstić information content (AvgIpc) is 3.05. The number of carboxylic acid groups (broad SMARTS) is 1. The molecule has 1 aliphatic heterocycles. The molecular weight excluding hydrogens is 362 g/mol. The molecule has 0 bridgehead atoms. The summed E-state index contributed by atoms with van der Waals surface area (Å²) in [6.45, 7) is 5.33. The summed E-state index contributed by atoms with van der Waals surface area (Å²) in [4.78, 5) is 40.5. The van der Waals surface area contributed by atoms with Gasteiger partial charge in [0.1, 0.15) is 12.2 Å². The van der Waals surface area contributed by atoms with Crippen LogP contribution in [0, 0.1) is 0 Å². The van der Waals surface area contributed by atoms with Crippen LogP contribution in [0.15, 0.2) is 47.5 Å². The topological polar surface area (TPSA) is 102 Å². The Balaban J connectivity index is 2.18. The minimum absolute atomic E-state index is 0.106. The summed E-state index contributed by atoms with van der Waals surface area (Å²) in [5.74, 6) is -2.16. The lowest BCUT2D eigenvalue weighted by molar-refractivity contribution is -0.161. The molecule has 1 atom stereocenters. The minimum Gasteiger partial charge on any atom is -0.481 e. The Bertz CT molecular complexity index is 791. The summed E-state index contributed by atoms with van der Waals surface area (Å²) < 4.78 is 11.0. The molecule has 1 aliphatic rings. The first-order valence-electron chi connectivity index (χ1n) is 9.07. The normalized spacial score (nSPS) is 18.5. The van der Waals surface area contributed by atoms with Gasteiger partial charge in [-0.25, -0.2) is 9.79 Å². The Morgan fingerprint density at radius 2 is 1.79 bits per heavy atom. The van der Waals surface area contributed by atoms with Crippen molar-refractivity contribution in [3.05, 3.63) is 48.0 Å². The zero-order valence-electron chi connectivity index (χ0n) is 16.3. The molecule has 150 valence electrons. The smallest absolute Gasteiger partial charge is 0.346 e. The molecule has 1 N–H and O–H groups in total. The van der Waals surface area contributed by atoms with Crippen molar-refractivity contribution < 1.29 is 29.0 Å². The summed E-state index contributed by atoms with van der Waals surface area (Å²) in [6.07, 6.45) is 2.68. The molecule has 0 fully saturated rings.